The number of nitrogens with zero attached hydrogens (tertiary/aromatic N) is 1. The Balaban J connectivity index is 2.29. The topological polar surface area (TPSA) is 38.7 Å². The minimum absolute atomic E-state index is 0.379. The molecule has 0 spiro atoms. The van der Waals surface area contributed by atoms with Crippen molar-refractivity contribution in [3.63, 3.8) is 0 Å². The number of para-hydroxylation sites is 1. The molecule has 0 amide bonds. The summed E-state index contributed by atoms with van der Waals surface area (Å²) < 4.78 is 4.72. The van der Waals surface area contributed by atoms with Gasteiger partial charge in [0.1, 0.15) is 0 Å². The average molecular weight is 239 g/mol. The molecule has 0 N–H and O–H groups in total. The van der Waals surface area contributed by atoms with Gasteiger partial charge in [-0.05, 0) is 17.7 Å². The van der Waals surface area contributed by atoms with E-state index in [9.17, 15) is 4.79 Å². The summed E-state index contributed by atoms with van der Waals surface area (Å²) in [5.41, 5.74) is 2.05. The van der Waals surface area contributed by atoms with E-state index in [1.165, 1.54) is 7.11 Å². The minimum Gasteiger partial charge on any atom is -0.465 e. The van der Waals surface area contributed by atoms with E-state index in [2.05, 4.69) is 4.99 Å². The molecule has 0 heterocycles. The van der Waals surface area contributed by atoms with Crippen LogP contribution in [0.15, 0.2) is 59.6 Å². The number of aliphatic imine (C=N–C) groups is 1. The van der Waals surface area contributed by atoms with Crippen LogP contribution in [0.2, 0.25) is 0 Å². The zero-order valence-corrected chi connectivity index (χ0v) is 10.0. The lowest BCUT2D eigenvalue weighted by Crippen LogP contribution is -2.01. The van der Waals surface area contributed by atoms with Crippen molar-refractivity contribution in [2.45, 2.75) is 0 Å². The van der Waals surface area contributed by atoms with Crippen LogP contribution in [0.3, 0.4) is 0 Å². The molecule has 0 saturated carbocycles. The summed E-state index contributed by atoms with van der Waals surface area (Å²) in [5.74, 6) is -0.379. The molecule has 0 radical (unpaired) electrons. The Morgan fingerprint density at radius 1 is 1.06 bits per heavy atom. The molecule has 3 heteroatoms. The Labute approximate surface area is 106 Å². The van der Waals surface area contributed by atoms with Crippen LogP contribution >= 0.6 is 0 Å². The van der Waals surface area contributed by atoms with Crippen LogP contribution in [0.5, 0.6) is 0 Å². The zero-order valence-electron chi connectivity index (χ0n) is 10.0. The van der Waals surface area contributed by atoms with E-state index in [0.717, 1.165) is 5.56 Å². The predicted octanol–water partition coefficient (Wildman–Crippen LogP) is 3.22. The molecule has 0 fully saturated rings. The summed E-state index contributed by atoms with van der Waals surface area (Å²) in [6.07, 6.45) is 1.72. The first-order valence-corrected chi connectivity index (χ1v) is 5.58. The smallest absolute Gasteiger partial charge is 0.340 e. The lowest BCUT2D eigenvalue weighted by atomic mass is 10.2. The van der Waals surface area contributed by atoms with Crippen molar-refractivity contribution in [1.82, 2.24) is 0 Å². The molecule has 3 nitrogen and oxygen atoms in total. The third kappa shape index (κ3) is 2.83. The minimum atomic E-state index is -0.379. The van der Waals surface area contributed by atoms with Crippen molar-refractivity contribution in [1.29, 1.82) is 0 Å². The molecule has 2 rings (SSSR count). The van der Waals surface area contributed by atoms with Gasteiger partial charge in [-0.15, -0.1) is 0 Å². The Hall–Kier alpha value is -2.42. The van der Waals surface area contributed by atoms with Gasteiger partial charge in [-0.25, -0.2) is 4.79 Å². The van der Waals surface area contributed by atoms with Crippen molar-refractivity contribution in [2.24, 2.45) is 4.99 Å². The van der Waals surface area contributed by atoms with Crippen LogP contribution in [-0.4, -0.2) is 19.3 Å². The van der Waals surface area contributed by atoms with Crippen molar-refractivity contribution < 1.29 is 9.53 Å². The third-order valence-corrected chi connectivity index (χ3v) is 2.46. The van der Waals surface area contributed by atoms with Gasteiger partial charge in [0.05, 0.1) is 18.4 Å². The second-order valence-corrected chi connectivity index (χ2v) is 3.68. The molecule has 18 heavy (non-hydrogen) atoms. The molecule has 0 aliphatic carbocycles. The van der Waals surface area contributed by atoms with Crippen LogP contribution in [0, 0.1) is 0 Å². The van der Waals surface area contributed by atoms with E-state index >= 15 is 0 Å². The first-order chi connectivity index (χ1) is 8.81. The molecular weight excluding hydrogens is 226 g/mol. The maximum atomic E-state index is 11.5. The lowest BCUT2D eigenvalue weighted by Gasteiger charge is -2.02. The maximum absolute atomic E-state index is 11.5. The molecule has 2 aromatic rings. The van der Waals surface area contributed by atoms with Crippen molar-refractivity contribution in [3.05, 3.63) is 65.7 Å². The number of carbonyl (C=O) groups is 1. The van der Waals surface area contributed by atoms with E-state index in [4.69, 9.17) is 4.74 Å². The number of benzene rings is 2. The highest BCUT2D eigenvalue weighted by atomic mass is 16.5. The monoisotopic (exact) mass is 239 g/mol. The zero-order chi connectivity index (χ0) is 12.8. The number of carbonyl (C=O) groups excluding carboxylic acids is 1. The molecule has 90 valence electrons. The van der Waals surface area contributed by atoms with Crippen LogP contribution in [0.1, 0.15) is 15.9 Å². The van der Waals surface area contributed by atoms with Gasteiger partial charge in [-0.1, -0.05) is 42.5 Å². The summed E-state index contributed by atoms with van der Waals surface area (Å²) in [7, 11) is 1.36. The van der Waals surface area contributed by atoms with E-state index in [1.807, 2.05) is 36.4 Å². The van der Waals surface area contributed by atoms with Gasteiger partial charge in [0.25, 0.3) is 0 Å². The Morgan fingerprint density at radius 3 is 2.44 bits per heavy atom. The number of rotatable bonds is 3. The number of hydrogen-bond donors (Lipinski definition) is 0. The fraction of sp³-hybridized carbons (Fsp3) is 0.0667. The van der Waals surface area contributed by atoms with Gasteiger partial charge < -0.3 is 4.74 Å². The van der Waals surface area contributed by atoms with Gasteiger partial charge >= 0.3 is 5.97 Å². The second kappa shape index (κ2) is 5.77. The quantitative estimate of drug-likeness (QED) is 0.609. The Morgan fingerprint density at radius 2 is 1.72 bits per heavy atom. The Bertz CT molecular complexity index is 562. The normalized spacial score (nSPS) is 10.5. The summed E-state index contributed by atoms with van der Waals surface area (Å²) in [6.45, 7) is 0. The lowest BCUT2D eigenvalue weighted by molar-refractivity contribution is 0.0602. The maximum Gasteiger partial charge on any atom is 0.340 e. The Kier molecular flexibility index (Phi) is 3.86. The van der Waals surface area contributed by atoms with Crippen molar-refractivity contribution in [2.75, 3.05) is 7.11 Å². The molecule has 0 saturated heterocycles. The molecule has 2 aromatic carbocycles. The first-order valence-electron chi connectivity index (χ1n) is 5.58. The molecule has 0 aromatic heterocycles. The molecular formula is C15H13NO2. The molecule has 0 atom stereocenters. The van der Waals surface area contributed by atoms with E-state index < -0.39 is 0 Å². The highest BCUT2D eigenvalue weighted by molar-refractivity contribution is 5.96. The standard InChI is InChI=1S/C15H13NO2/c1-18-15(17)13-9-5-6-10-14(13)16-11-12-7-3-2-4-8-12/h2-11H,1H3. The van der Waals surface area contributed by atoms with Crippen LogP contribution in [0.25, 0.3) is 0 Å². The highest BCUT2D eigenvalue weighted by Gasteiger charge is 2.09. The molecule has 0 unspecified atom stereocenters. The predicted molar refractivity (Wildman–Crippen MR) is 71.5 cm³/mol. The average Bonchev–Trinajstić information content (AvgIpc) is 2.45. The number of methoxy groups -OCH3 is 1. The van der Waals surface area contributed by atoms with Gasteiger partial charge in [-0.3, -0.25) is 4.99 Å². The van der Waals surface area contributed by atoms with Gasteiger partial charge in [0, 0.05) is 6.21 Å². The largest absolute Gasteiger partial charge is 0.465 e. The van der Waals surface area contributed by atoms with E-state index in [1.54, 1.807) is 24.4 Å². The van der Waals surface area contributed by atoms with Gasteiger partial charge in [-0.2, -0.15) is 0 Å². The van der Waals surface area contributed by atoms with E-state index in [0.29, 0.717) is 11.3 Å². The molecule has 0 bridgehead atoms. The molecule has 0 aliphatic rings. The third-order valence-electron chi connectivity index (χ3n) is 2.46. The first kappa shape index (κ1) is 12.0. The van der Waals surface area contributed by atoms with Crippen molar-refractivity contribution in [3.8, 4) is 0 Å². The molecule has 0 aliphatic heterocycles. The summed E-state index contributed by atoms with van der Waals surface area (Å²) >= 11 is 0. The number of esters is 1. The number of hydrogen-bond acceptors (Lipinski definition) is 3. The fourth-order valence-corrected chi connectivity index (χ4v) is 1.55. The number of ether oxygens (including phenoxy) is 1. The van der Waals surface area contributed by atoms with Crippen molar-refractivity contribution >= 4 is 17.9 Å². The van der Waals surface area contributed by atoms with Crippen LogP contribution < -0.4 is 0 Å². The summed E-state index contributed by atoms with van der Waals surface area (Å²) in [4.78, 5) is 15.9. The highest BCUT2D eigenvalue weighted by Crippen LogP contribution is 2.19. The van der Waals surface area contributed by atoms with Crippen LogP contribution in [-0.2, 0) is 4.74 Å². The van der Waals surface area contributed by atoms with E-state index in [-0.39, 0.29) is 5.97 Å². The van der Waals surface area contributed by atoms with Crippen LogP contribution in [0.4, 0.5) is 5.69 Å². The van der Waals surface area contributed by atoms with Gasteiger partial charge in [0.2, 0.25) is 0 Å². The van der Waals surface area contributed by atoms with Gasteiger partial charge in [0.15, 0.2) is 0 Å². The summed E-state index contributed by atoms with van der Waals surface area (Å²) in [5, 5.41) is 0. The second-order valence-electron chi connectivity index (χ2n) is 3.68. The fourth-order valence-electron chi connectivity index (χ4n) is 1.55. The SMILES string of the molecule is COC(=O)c1ccccc1N=Cc1ccccc1. The summed E-state index contributed by atoms with van der Waals surface area (Å²) in [6, 6.07) is 16.8.